The summed E-state index contributed by atoms with van der Waals surface area (Å²) in [6.07, 6.45) is 3.44. The maximum atomic E-state index is 9.06. The van der Waals surface area contributed by atoms with Gasteiger partial charge in [0.1, 0.15) is 0 Å². The van der Waals surface area contributed by atoms with Crippen molar-refractivity contribution >= 4 is 5.69 Å². The van der Waals surface area contributed by atoms with Gasteiger partial charge in [-0.15, -0.1) is 0 Å². The fourth-order valence-electron chi connectivity index (χ4n) is 1.78. The minimum absolute atomic E-state index is 0.221. The van der Waals surface area contributed by atoms with Crippen molar-refractivity contribution in [1.29, 1.82) is 0 Å². The third-order valence-electron chi connectivity index (χ3n) is 2.86. The van der Waals surface area contributed by atoms with Crippen LogP contribution in [0.15, 0.2) is 24.3 Å². The van der Waals surface area contributed by atoms with Gasteiger partial charge in [-0.05, 0) is 30.5 Å². The minimum atomic E-state index is 0.221. The molecule has 1 aromatic rings. The summed E-state index contributed by atoms with van der Waals surface area (Å²) in [7, 11) is 0. The second-order valence-corrected chi connectivity index (χ2v) is 4.08. The first-order chi connectivity index (χ1) is 7.81. The highest BCUT2D eigenvalue weighted by atomic mass is 16.3. The van der Waals surface area contributed by atoms with Gasteiger partial charge < -0.3 is 10.0 Å². The molecule has 0 aliphatic rings. The molecule has 0 aromatic heterocycles. The second kappa shape index (κ2) is 7.29. The first-order valence-electron chi connectivity index (χ1n) is 6.26. The van der Waals surface area contributed by atoms with E-state index in [1.807, 2.05) is 0 Å². The van der Waals surface area contributed by atoms with Crippen LogP contribution in [0.1, 0.15) is 32.3 Å². The number of rotatable bonds is 7. The average Bonchev–Trinajstić information content (AvgIpc) is 2.35. The van der Waals surface area contributed by atoms with Crippen LogP contribution in [0.4, 0.5) is 5.69 Å². The number of hydrogen-bond acceptors (Lipinski definition) is 2. The molecule has 0 bridgehead atoms. The summed E-state index contributed by atoms with van der Waals surface area (Å²) in [5.74, 6) is 0. The van der Waals surface area contributed by atoms with Gasteiger partial charge in [0.2, 0.25) is 0 Å². The molecule has 0 spiro atoms. The molecule has 16 heavy (non-hydrogen) atoms. The van der Waals surface area contributed by atoms with E-state index in [0.29, 0.717) is 0 Å². The first-order valence-corrected chi connectivity index (χ1v) is 6.26. The zero-order valence-corrected chi connectivity index (χ0v) is 10.4. The molecule has 0 radical (unpaired) electrons. The van der Waals surface area contributed by atoms with Crippen LogP contribution in [0, 0.1) is 0 Å². The number of aryl methyl sites for hydroxylation is 1. The van der Waals surface area contributed by atoms with Crippen LogP contribution in [0.25, 0.3) is 0 Å². The molecular weight excluding hydrogens is 198 g/mol. The lowest BCUT2D eigenvalue weighted by Gasteiger charge is -2.24. The van der Waals surface area contributed by atoms with Crippen molar-refractivity contribution in [3.8, 4) is 0 Å². The van der Waals surface area contributed by atoms with Gasteiger partial charge >= 0.3 is 0 Å². The fraction of sp³-hybridized carbons (Fsp3) is 0.571. The number of unbranched alkanes of at least 4 members (excludes halogenated alkanes) is 1. The predicted molar refractivity (Wildman–Crippen MR) is 70.0 cm³/mol. The molecule has 0 aliphatic carbocycles. The van der Waals surface area contributed by atoms with Gasteiger partial charge in [0.25, 0.3) is 0 Å². The number of anilines is 1. The maximum Gasteiger partial charge on any atom is 0.0606 e. The summed E-state index contributed by atoms with van der Waals surface area (Å²) in [5, 5.41) is 9.06. The number of aliphatic hydroxyl groups excluding tert-OH is 1. The Morgan fingerprint density at radius 3 is 2.25 bits per heavy atom. The van der Waals surface area contributed by atoms with Crippen LogP contribution in [0.5, 0.6) is 0 Å². The first kappa shape index (κ1) is 13.0. The monoisotopic (exact) mass is 221 g/mol. The Morgan fingerprint density at radius 2 is 1.75 bits per heavy atom. The van der Waals surface area contributed by atoms with Crippen LogP contribution >= 0.6 is 0 Å². The molecule has 1 rings (SSSR count). The number of nitrogens with zero attached hydrogens (tertiary/aromatic N) is 1. The molecular formula is C14H23NO. The van der Waals surface area contributed by atoms with Gasteiger partial charge in [0, 0.05) is 18.8 Å². The topological polar surface area (TPSA) is 23.5 Å². The van der Waals surface area contributed by atoms with E-state index < -0.39 is 0 Å². The summed E-state index contributed by atoms with van der Waals surface area (Å²) >= 11 is 0. The third-order valence-corrected chi connectivity index (χ3v) is 2.86. The molecule has 0 unspecified atom stereocenters. The molecule has 90 valence electrons. The molecule has 2 nitrogen and oxygen atoms in total. The number of hydrogen-bond donors (Lipinski definition) is 1. The molecule has 1 aromatic carbocycles. The highest BCUT2D eigenvalue weighted by Crippen LogP contribution is 2.16. The van der Waals surface area contributed by atoms with Crippen molar-refractivity contribution in [3.63, 3.8) is 0 Å². The zero-order chi connectivity index (χ0) is 11.8. The Balaban J connectivity index is 2.67. The molecule has 0 saturated heterocycles. The summed E-state index contributed by atoms with van der Waals surface area (Å²) in [4.78, 5) is 2.25. The molecule has 0 aliphatic heterocycles. The summed E-state index contributed by atoms with van der Waals surface area (Å²) in [6, 6.07) is 8.66. The fourth-order valence-corrected chi connectivity index (χ4v) is 1.78. The van der Waals surface area contributed by atoms with Crippen LogP contribution in [0.2, 0.25) is 0 Å². The van der Waals surface area contributed by atoms with Crippen molar-refractivity contribution in [3.05, 3.63) is 29.8 Å². The second-order valence-electron chi connectivity index (χ2n) is 4.08. The summed E-state index contributed by atoms with van der Waals surface area (Å²) in [6.45, 7) is 6.34. The SMILES string of the molecule is CCCCN(CCO)c1ccc(CC)cc1. The van der Waals surface area contributed by atoms with Crippen molar-refractivity contribution < 1.29 is 5.11 Å². The van der Waals surface area contributed by atoms with E-state index in [0.717, 1.165) is 19.5 Å². The normalized spacial score (nSPS) is 10.4. The maximum absolute atomic E-state index is 9.06. The molecule has 2 heteroatoms. The zero-order valence-electron chi connectivity index (χ0n) is 10.4. The van der Waals surface area contributed by atoms with E-state index in [9.17, 15) is 0 Å². The van der Waals surface area contributed by atoms with Gasteiger partial charge in [0.15, 0.2) is 0 Å². The van der Waals surface area contributed by atoms with Crippen molar-refractivity contribution in [1.82, 2.24) is 0 Å². The Kier molecular flexibility index (Phi) is 5.94. The van der Waals surface area contributed by atoms with Crippen molar-refractivity contribution in [2.45, 2.75) is 33.1 Å². The third kappa shape index (κ3) is 3.86. The molecule has 0 amide bonds. The summed E-state index contributed by atoms with van der Waals surface area (Å²) < 4.78 is 0. The van der Waals surface area contributed by atoms with Crippen molar-refractivity contribution in [2.24, 2.45) is 0 Å². The minimum Gasteiger partial charge on any atom is -0.395 e. The summed E-state index contributed by atoms with van der Waals surface area (Å²) in [5.41, 5.74) is 2.59. The van der Waals surface area contributed by atoms with Gasteiger partial charge in [0.05, 0.1) is 6.61 Å². The van der Waals surface area contributed by atoms with Crippen LogP contribution in [-0.2, 0) is 6.42 Å². The van der Waals surface area contributed by atoms with E-state index in [-0.39, 0.29) is 6.61 Å². The Morgan fingerprint density at radius 1 is 1.06 bits per heavy atom. The number of aliphatic hydroxyl groups is 1. The standard InChI is InChI=1S/C14H23NO/c1-3-5-10-15(11-12-16)14-8-6-13(4-2)7-9-14/h6-9,16H,3-5,10-12H2,1-2H3. The van der Waals surface area contributed by atoms with E-state index in [1.165, 1.54) is 24.1 Å². The van der Waals surface area contributed by atoms with Crippen molar-refractivity contribution in [2.75, 3.05) is 24.6 Å². The Labute approximate surface area is 98.9 Å². The lowest BCUT2D eigenvalue weighted by Crippen LogP contribution is -2.27. The largest absolute Gasteiger partial charge is 0.395 e. The molecule has 1 N–H and O–H groups in total. The van der Waals surface area contributed by atoms with Crippen LogP contribution in [0.3, 0.4) is 0 Å². The Bertz CT molecular complexity index is 281. The molecule has 0 fully saturated rings. The Hall–Kier alpha value is -1.02. The van der Waals surface area contributed by atoms with E-state index >= 15 is 0 Å². The number of benzene rings is 1. The molecule has 0 saturated carbocycles. The highest BCUT2D eigenvalue weighted by molar-refractivity contribution is 5.47. The van der Waals surface area contributed by atoms with E-state index in [1.54, 1.807) is 0 Å². The lowest BCUT2D eigenvalue weighted by molar-refractivity contribution is 0.301. The predicted octanol–water partition coefficient (Wildman–Crippen LogP) is 2.85. The van der Waals surface area contributed by atoms with E-state index in [4.69, 9.17) is 5.11 Å². The highest BCUT2D eigenvalue weighted by Gasteiger charge is 2.04. The molecule has 0 atom stereocenters. The lowest BCUT2D eigenvalue weighted by atomic mass is 10.1. The van der Waals surface area contributed by atoms with Gasteiger partial charge in [-0.3, -0.25) is 0 Å². The van der Waals surface area contributed by atoms with Crippen LogP contribution in [-0.4, -0.2) is 24.8 Å². The smallest absolute Gasteiger partial charge is 0.0606 e. The van der Waals surface area contributed by atoms with Gasteiger partial charge in [-0.25, -0.2) is 0 Å². The van der Waals surface area contributed by atoms with Gasteiger partial charge in [-0.2, -0.15) is 0 Å². The average molecular weight is 221 g/mol. The van der Waals surface area contributed by atoms with E-state index in [2.05, 4.69) is 43.0 Å². The quantitative estimate of drug-likeness (QED) is 0.765. The molecule has 0 heterocycles. The van der Waals surface area contributed by atoms with Gasteiger partial charge in [-0.1, -0.05) is 32.4 Å². The van der Waals surface area contributed by atoms with Crippen LogP contribution < -0.4 is 4.90 Å².